The number of carboxylic acid groups (broad SMARTS) is 1. The SMILES string of the molecule is CC[C@]1(C(=O)O)/C=C\CCCC[C@H](NC(=O)OC(C)(C)C)C(=O)N2C[C@H](n3nnc(-c4cccc(OCC5CC5)c4)n3)C[C@H]2C(=O)N1. The van der Waals surface area contributed by atoms with Crippen LogP contribution in [0.4, 0.5) is 4.79 Å². The minimum Gasteiger partial charge on any atom is -0.493 e. The molecular weight excluding hydrogens is 606 g/mol. The molecule has 1 aromatic carbocycles. The van der Waals surface area contributed by atoms with Crippen molar-refractivity contribution < 1.29 is 33.8 Å². The Bertz CT molecular complexity index is 1500. The van der Waals surface area contributed by atoms with Crippen molar-refractivity contribution in [1.82, 2.24) is 35.7 Å². The summed E-state index contributed by atoms with van der Waals surface area (Å²) in [5.41, 5.74) is -1.71. The second-order valence-electron chi connectivity index (χ2n) is 13.6. The summed E-state index contributed by atoms with van der Waals surface area (Å²) in [5, 5.41) is 28.7. The van der Waals surface area contributed by atoms with E-state index in [2.05, 4.69) is 26.0 Å². The maximum atomic E-state index is 14.2. The molecule has 1 saturated carbocycles. The number of alkyl carbamates (subject to hydrolysis) is 1. The van der Waals surface area contributed by atoms with E-state index in [-0.39, 0.29) is 19.4 Å². The van der Waals surface area contributed by atoms with Gasteiger partial charge in [0, 0.05) is 18.5 Å². The Morgan fingerprint density at radius 2 is 1.96 bits per heavy atom. The molecule has 1 saturated heterocycles. The predicted molar refractivity (Wildman–Crippen MR) is 170 cm³/mol. The highest BCUT2D eigenvalue weighted by Crippen LogP contribution is 2.32. The first-order chi connectivity index (χ1) is 22.4. The lowest BCUT2D eigenvalue weighted by molar-refractivity contribution is -0.147. The number of aliphatic carboxylic acids is 1. The molecule has 4 atom stereocenters. The second kappa shape index (κ2) is 14.1. The quantitative estimate of drug-likeness (QED) is 0.357. The molecule has 3 N–H and O–H groups in total. The third-order valence-corrected chi connectivity index (χ3v) is 8.69. The van der Waals surface area contributed by atoms with Gasteiger partial charge in [-0.1, -0.05) is 37.6 Å². The van der Waals surface area contributed by atoms with Crippen molar-refractivity contribution in [2.45, 2.75) is 108 Å². The number of allylic oxidation sites excluding steroid dienone is 1. The number of amides is 3. The highest BCUT2D eigenvalue weighted by Gasteiger charge is 2.46. The molecule has 5 rings (SSSR count). The van der Waals surface area contributed by atoms with E-state index in [1.54, 1.807) is 33.8 Å². The Balaban J connectivity index is 1.42. The topological polar surface area (TPSA) is 178 Å². The molecule has 2 fully saturated rings. The zero-order chi connectivity index (χ0) is 33.8. The minimum absolute atomic E-state index is 0.0474. The van der Waals surface area contributed by atoms with Gasteiger partial charge in [0.15, 0.2) is 5.54 Å². The number of nitrogens with zero attached hydrogens (tertiary/aromatic N) is 5. The number of carbonyl (C=O) groups excluding carboxylic acids is 3. The number of carboxylic acids is 1. The van der Waals surface area contributed by atoms with Crippen LogP contribution in [0.25, 0.3) is 11.4 Å². The number of fused-ring (bicyclic) bond motifs is 1. The lowest BCUT2D eigenvalue weighted by Crippen LogP contribution is -2.59. The Hall–Kier alpha value is -4.49. The summed E-state index contributed by atoms with van der Waals surface area (Å²) in [7, 11) is 0. The molecule has 0 spiro atoms. The molecule has 2 aromatic rings. The first-order valence-corrected chi connectivity index (χ1v) is 16.4. The van der Waals surface area contributed by atoms with Gasteiger partial charge in [0.2, 0.25) is 17.6 Å². The van der Waals surface area contributed by atoms with Crippen LogP contribution in [0.5, 0.6) is 5.75 Å². The average Bonchev–Trinajstić information content (AvgIpc) is 3.52. The minimum atomic E-state index is -1.64. The third-order valence-electron chi connectivity index (χ3n) is 8.69. The zero-order valence-corrected chi connectivity index (χ0v) is 27.5. The van der Waals surface area contributed by atoms with E-state index >= 15 is 0 Å². The smallest absolute Gasteiger partial charge is 0.408 e. The monoisotopic (exact) mass is 651 g/mol. The van der Waals surface area contributed by atoms with E-state index in [1.165, 1.54) is 28.6 Å². The molecule has 3 amide bonds. The Morgan fingerprint density at radius 3 is 2.66 bits per heavy atom. The maximum absolute atomic E-state index is 14.2. The summed E-state index contributed by atoms with van der Waals surface area (Å²) >= 11 is 0. The van der Waals surface area contributed by atoms with Crippen LogP contribution >= 0.6 is 0 Å². The van der Waals surface area contributed by atoms with E-state index in [0.29, 0.717) is 55.3 Å². The van der Waals surface area contributed by atoms with Gasteiger partial charge in [-0.25, -0.2) is 9.59 Å². The number of nitrogens with one attached hydrogen (secondary N) is 2. The Morgan fingerprint density at radius 1 is 1.17 bits per heavy atom. The fraction of sp³-hybridized carbons (Fsp3) is 0.606. The molecule has 1 aromatic heterocycles. The van der Waals surface area contributed by atoms with E-state index in [1.807, 2.05) is 24.3 Å². The largest absolute Gasteiger partial charge is 0.493 e. The van der Waals surface area contributed by atoms with Crippen molar-refractivity contribution in [3.63, 3.8) is 0 Å². The number of carbonyl (C=O) groups is 4. The number of rotatable bonds is 8. The van der Waals surface area contributed by atoms with Gasteiger partial charge in [-0.3, -0.25) is 9.59 Å². The van der Waals surface area contributed by atoms with Crippen LogP contribution in [0.1, 0.15) is 85.1 Å². The molecule has 2 aliphatic heterocycles. The van der Waals surface area contributed by atoms with Crippen molar-refractivity contribution in [2.24, 2.45) is 5.92 Å². The number of benzene rings is 1. The summed E-state index contributed by atoms with van der Waals surface area (Å²) in [6, 6.07) is 4.89. The number of ether oxygens (including phenoxy) is 2. The highest BCUT2D eigenvalue weighted by atomic mass is 16.6. The highest BCUT2D eigenvalue weighted by molar-refractivity contribution is 5.95. The lowest BCUT2D eigenvalue weighted by Gasteiger charge is -2.32. The van der Waals surface area contributed by atoms with Gasteiger partial charge >= 0.3 is 12.1 Å². The van der Waals surface area contributed by atoms with Gasteiger partial charge in [-0.05, 0) is 82.6 Å². The molecule has 0 bridgehead atoms. The first kappa shape index (κ1) is 33.9. The van der Waals surface area contributed by atoms with Crippen molar-refractivity contribution >= 4 is 23.9 Å². The predicted octanol–water partition coefficient (Wildman–Crippen LogP) is 3.64. The number of tetrazole rings is 1. The van der Waals surface area contributed by atoms with Crippen molar-refractivity contribution in [3.05, 3.63) is 36.4 Å². The lowest BCUT2D eigenvalue weighted by atomic mass is 9.94. The molecule has 1 aliphatic carbocycles. The van der Waals surface area contributed by atoms with Gasteiger partial charge < -0.3 is 30.1 Å². The average molecular weight is 652 g/mol. The number of aromatic nitrogens is 4. The molecular formula is C33H45N7O7. The van der Waals surface area contributed by atoms with E-state index < -0.39 is 53.1 Å². The summed E-state index contributed by atoms with van der Waals surface area (Å²) in [4.78, 5) is 56.1. The molecule has 0 radical (unpaired) electrons. The summed E-state index contributed by atoms with van der Waals surface area (Å²) in [6.45, 7) is 7.60. The summed E-state index contributed by atoms with van der Waals surface area (Å²) in [5.74, 6) is -0.604. The van der Waals surface area contributed by atoms with Crippen LogP contribution in [0.15, 0.2) is 36.4 Å². The van der Waals surface area contributed by atoms with Crippen molar-refractivity contribution in [3.8, 4) is 17.1 Å². The maximum Gasteiger partial charge on any atom is 0.408 e. The second-order valence-corrected chi connectivity index (χ2v) is 13.6. The first-order valence-electron chi connectivity index (χ1n) is 16.4. The number of hydrogen-bond acceptors (Lipinski definition) is 9. The van der Waals surface area contributed by atoms with Gasteiger partial charge in [0.25, 0.3) is 0 Å². The molecule has 14 heteroatoms. The third kappa shape index (κ3) is 8.46. The Kier molecular flexibility index (Phi) is 10.2. The fourth-order valence-electron chi connectivity index (χ4n) is 5.82. The van der Waals surface area contributed by atoms with Crippen LogP contribution in [0.3, 0.4) is 0 Å². The van der Waals surface area contributed by atoms with E-state index in [4.69, 9.17) is 9.47 Å². The molecule has 0 unspecified atom stereocenters. The van der Waals surface area contributed by atoms with Crippen LogP contribution < -0.4 is 15.4 Å². The van der Waals surface area contributed by atoms with Gasteiger partial charge in [-0.2, -0.15) is 4.80 Å². The van der Waals surface area contributed by atoms with E-state index in [9.17, 15) is 24.3 Å². The van der Waals surface area contributed by atoms with E-state index in [0.717, 1.165) is 0 Å². The van der Waals surface area contributed by atoms with Crippen LogP contribution in [-0.4, -0.2) is 90.5 Å². The fourth-order valence-corrected chi connectivity index (χ4v) is 5.82. The van der Waals surface area contributed by atoms with Crippen LogP contribution in [-0.2, 0) is 19.1 Å². The molecule has 3 heterocycles. The van der Waals surface area contributed by atoms with Crippen LogP contribution in [0.2, 0.25) is 0 Å². The zero-order valence-electron chi connectivity index (χ0n) is 27.5. The van der Waals surface area contributed by atoms with Crippen molar-refractivity contribution in [1.29, 1.82) is 0 Å². The summed E-state index contributed by atoms with van der Waals surface area (Å²) < 4.78 is 11.3. The molecule has 47 heavy (non-hydrogen) atoms. The van der Waals surface area contributed by atoms with Gasteiger partial charge in [0.05, 0.1) is 12.6 Å². The number of hydrogen-bond donors (Lipinski definition) is 3. The molecule has 3 aliphatic rings. The standard InChI is InChI=1S/C33H45N7O7/c1-5-33(30(43)44)16-9-7-6-8-13-25(34-31(45)47-32(2,3)4)29(42)39-19-23(18-26(39)28(41)35-33)40-37-27(36-38-40)22-11-10-12-24(17-22)46-20-21-14-15-21/h9-12,16-17,21,23,25-26H,5-8,13-15,18-20H2,1-4H3,(H,34,45)(H,35,41)(H,43,44)/b16-9-/t23-,25+,26+,33-/m1/s1. The summed E-state index contributed by atoms with van der Waals surface area (Å²) in [6.07, 6.45) is 7.18. The molecule has 14 nitrogen and oxygen atoms in total. The van der Waals surface area contributed by atoms with Crippen molar-refractivity contribution in [2.75, 3.05) is 13.2 Å². The van der Waals surface area contributed by atoms with Gasteiger partial charge in [0.1, 0.15) is 23.4 Å². The van der Waals surface area contributed by atoms with Crippen LogP contribution in [0, 0.1) is 5.92 Å². The Labute approximate surface area is 274 Å². The van der Waals surface area contributed by atoms with Gasteiger partial charge in [-0.15, -0.1) is 10.2 Å². The normalized spacial score (nSPS) is 26.2. The molecule has 254 valence electrons.